The summed E-state index contributed by atoms with van der Waals surface area (Å²) in [6, 6.07) is 15.0. The molecule has 148 valence electrons. The lowest BCUT2D eigenvalue weighted by Crippen LogP contribution is -1.95. The predicted molar refractivity (Wildman–Crippen MR) is 116 cm³/mol. The quantitative estimate of drug-likeness (QED) is 0.364. The fraction of sp³-hybridized carbons (Fsp3) is 0.150. The van der Waals surface area contributed by atoms with Crippen molar-refractivity contribution in [1.82, 2.24) is 20.2 Å². The Hall–Kier alpha value is -2.55. The third-order valence-electron chi connectivity index (χ3n) is 3.95. The molecule has 0 unspecified atom stereocenters. The average Bonchev–Trinajstić information content (AvgIpc) is 3.41. The normalized spacial score (nSPS) is 10.8. The number of thiazole rings is 1. The predicted octanol–water partition coefficient (Wildman–Crippen LogP) is 5.46. The third-order valence-corrected chi connectivity index (χ3v) is 5.96. The van der Waals surface area contributed by atoms with Gasteiger partial charge < -0.3 is 9.47 Å². The molecule has 9 heteroatoms. The molecule has 29 heavy (non-hydrogen) atoms. The SMILES string of the molecule is COc1ccc(-c2nc(SCc3csc(COc4ccc(Cl)cc4)n3)n[nH]2)cc1. The van der Waals surface area contributed by atoms with E-state index in [-0.39, 0.29) is 0 Å². The largest absolute Gasteiger partial charge is 0.497 e. The van der Waals surface area contributed by atoms with Crippen molar-refractivity contribution in [2.45, 2.75) is 17.5 Å². The van der Waals surface area contributed by atoms with Gasteiger partial charge in [-0.25, -0.2) is 9.97 Å². The monoisotopic (exact) mass is 444 g/mol. The van der Waals surface area contributed by atoms with Crippen LogP contribution in [0.3, 0.4) is 0 Å². The second-order valence-electron chi connectivity index (χ2n) is 5.96. The lowest BCUT2D eigenvalue weighted by Gasteiger charge is -2.03. The van der Waals surface area contributed by atoms with Crippen molar-refractivity contribution in [2.75, 3.05) is 7.11 Å². The summed E-state index contributed by atoms with van der Waals surface area (Å²) in [5.41, 5.74) is 1.94. The smallest absolute Gasteiger partial charge is 0.209 e. The summed E-state index contributed by atoms with van der Waals surface area (Å²) in [6.45, 7) is 0.430. The molecule has 4 rings (SSSR count). The van der Waals surface area contributed by atoms with E-state index in [1.54, 1.807) is 30.6 Å². The topological polar surface area (TPSA) is 72.9 Å². The Kier molecular flexibility index (Phi) is 6.33. The van der Waals surface area contributed by atoms with Crippen molar-refractivity contribution in [3.63, 3.8) is 0 Å². The molecule has 2 aromatic carbocycles. The van der Waals surface area contributed by atoms with Gasteiger partial charge in [0.1, 0.15) is 23.1 Å². The second-order valence-corrected chi connectivity index (χ2v) is 8.28. The molecule has 0 aliphatic carbocycles. The molecule has 6 nitrogen and oxygen atoms in total. The molecule has 0 aliphatic heterocycles. The first kappa shape index (κ1) is 19.8. The number of halogens is 1. The number of H-pyrrole nitrogens is 1. The third kappa shape index (κ3) is 5.29. The van der Waals surface area contributed by atoms with E-state index in [4.69, 9.17) is 21.1 Å². The first-order valence-electron chi connectivity index (χ1n) is 8.71. The molecule has 2 aromatic heterocycles. The number of aromatic nitrogens is 4. The van der Waals surface area contributed by atoms with Crippen molar-refractivity contribution in [1.29, 1.82) is 0 Å². The molecule has 0 radical (unpaired) electrons. The van der Waals surface area contributed by atoms with Crippen molar-refractivity contribution in [2.24, 2.45) is 0 Å². The Bertz CT molecular complexity index is 1060. The number of aromatic amines is 1. The maximum absolute atomic E-state index is 5.88. The van der Waals surface area contributed by atoms with Gasteiger partial charge in [-0.3, -0.25) is 5.10 Å². The van der Waals surface area contributed by atoms with E-state index in [2.05, 4.69) is 20.2 Å². The highest BCUT2D eigenvalue weighted by molar-refractivity contribution is 7.98. The summed E-state index contributed by atoms with van der Waals surface area (Å²) in [7, 11) is 1.64. The van der Waals surface area contributed by atoms with Gasteiger partial charge in [0.05, 0.1) is 12.8 Å². The van der Waals surface area contributed by atoms with Gasteiger partial charge in [-0.1, -0.05) is 23.4 Å². The number of thioether (sulfide) groups is 1. The van der Waals surface area contributed by atoms with Crippen molar-refractivity contribution < 1.29 is 9.47 Å². The Morgan fingerprint density at radius 3 is 2.55 bits per heavy atom. The molecule has 0 saturated carbocycles. The number of rotatable bonds is 8. The molecule has 0 spiro atoms. The number of ether oxygens (including phenoxy) is 2. The van der Waals surface area contributed by atoms with Crippen LogP contribution in [-0.2, 0) is 12.4 Å². The second kappa shape index (κ2) is 9.30. The first-order valence-corrected chi connectivity index (χ1v) is 11.0. The lowest BCUT2D eigenvalue weighted by molar-refractivity contribution is 0.305. The molecule has 0 amide bonds. The molecule has 0 saturated heterocycles. The minimum atomic E-state index is 0.430. The average molecular weight is 445 g/mol. The van der Waals surface area contributed by atoms with Crippen LogP contribution < -0.4 is 9.47 Å². The Balaban J connectivity index is 1.30. The molecule has 2 heterocycles. The Morgan fingerprint density at radius 1 is 1.03 bits per heavy atom. The van der Waals surface area contributed by atoms with Crippen LogP contribution >= 0.6 is 34.7 Å². The number of nitrogens with zero attached hydrogens (tertiary/aromatic N) is 3. The summed E-state index contributed by atoms with van der Waals surface area (Å²) in [5.74, 6) is 3.00. The van der Waals surface area contributed by atoms with E-state index < -0.39 is 0 Å². The van der Waals surface area contributed by atoms with Crippen molar-refractivity contribution in [3.8, 4) is 22.9 Å². The lowest BCUT2D eigenvalue weighted by atomic mass is 10.2. The van der Waals surface area contributed by atoms with Gasteiger partial charge in [0.25, 0.3) is 0 Å². The highest BCUT2D eigenvalue weighted by Crippen LogP contribution is 2.25. The summed E-state index contributed by atoms with van der Waals surface area (Å²) >= 11 is 8.99. The van der Waals surface area contributed by atoms with E-state index in [0.717, 1.165) is 33.6 Å². The van der Waals surface area contributed by atoms with Crippen LogP contribution in [0.2, 0.25) is 5.02 Å². The van der Waals surface area contributed by atoms with Crippen LogP contribution in [-0.4, -0.2) is 27.3 Å². The molecule has 0 atom stereocenters. The fourth-order valence-electron chi connectivity index (χ4n) is 2.48. The van der Waals surface area contributed by atoms with Gasteiger partial charge in [0.15, 0.2) is 5.82 Å². The number of nitrogens with one attached hydrogen (secondary N) is 1. The van der Waals surface area contributed by atoms with Gasteiger partial charge in [-0.15, -0.1) is 16.4 Å². The molecule has 4 aromatic rings. The van der Waals surface area contributed by atoms with Crippen LogP contribution in [0.15, 0.2) is 59.1 Å². The van der Waals surface area contributed by atoms with Gasteiger partial charge in [-0.05, 0) is 48.5 Å². The van der Waals surface area contributed by atoms with Gasteiger partial charge in [0, 0.05) is 21.7 Å². The molecular formula is C20H17ClN4O2S2. The molecule has 1 N–H and O–H groups in total. The van der Waals surface area contributed by atoms with E-state index >= 15 is 0 Å². The van der Waals surface area contributed by atoms with E-state index in [1.807, 2.05) is 41.8 Å². The molecule has 0 aliphatic rings. The number of methoxy groups -OCH3 is 1. The maximum Gasteiger partial charge on any atom is 0.209 e. The zero-order chi connectivity index (χ0) is 20.1. The summed E-state index contributed by atoms with van der Waals surface area (Å²) in [4.78, 5) is 9.15. The highest BCUT2D eigenvalue weighted by Gasteiger charge is 2.09. The van der Waals surface area contributed by atoms with Crippen molar-refractivity contribution in [3.05, 3.63) is 69.6 Å². The van der Waals surface area contributed by atoms with Crippen LogP contribution in [0.25, 0.3) is 11.4 Å². The Morgan fingerprint density at radius 2 is 1.79 bits per heavy atom. The number of benzene rings is 2. The fourth-order valence-corrected chi connectivity index (χ4v) is 4.11. The van der Waals surface area contributed by atoms with Crippen molar-refractivity contribution >= 4 is 34.7 Å². The summed E-state index contributed by atoms with van der Waals surface area (Å²) in [6.07, 6.45) is 0. The summed E-state index contributed by atoms with van der Waals surface area (Å²) < 4.78 is 10.9. The highest BCUT2D eigenvalue weighted by atomic mass is 35.5. The minimum Gasteiger partial charge on any atom is -0.497 e. The molecule has 0 bridgehead atoms. The zero-order valence-corrected chi connectivity index (χ0v) is 17.9. The number of hydrogen-bond acceptors (Lipinski definition) is 7. The van der Waals surface area contributed by atoms with Crippen LogP contribution in [0.4, 0.5) is 0 Å². The Labute approximate surface area is 181 Å². The van der Waals surface area contributed by atoms with E-state index in [1.165, 1.54) is 11.8 Å². The number of hydrogen-bond donors (Lipinski definition) is 1. The van der Waals surface area contributed by atoms with Crippen LogP contribution in [0, 0.1) is 0 Å². The standard InChI is InChI=1S/C20H17ClN4O2S2/c1-26-16-6-2-13(3-7-16)19-23-20(25-24-19)29-12-15-11-28-18(22-15)10-27-17-8-4-14(21)5-9-17/h2-9,11H,10,12H2,1H3,(H,23,24,25). The van der Waals surface area contributed by atoms with Gasteiger partial charge >= 0.3 is 0 Å². The molecule has 0 fully saturated rings. The van der Waals surface area contributed by atoms with E-state index in [0.29, 0.717) is 22.5 Å². The van der Waals surface area contributed by atoms with Crippen LogP contribution in [0.1, 0.15) is 10.7 Å². The minimum absolute atomic E-state index is 0.430. The first-order chi connectivity index (χ1) is 14.2. The molecular weight excluding hydrogens is 428 g/mol. The van der Waals surface area contributed by atoms with Crippen LogP contribution in [0.5, 0.6) is 11.5 Å². The summed E-state index contributed by atoms with van der Waals surface area (Å²) in [5, 5.41) is 11.6. The van der Waals surface area contributed by atoms with Gasteiger partial charge in [0.2, 0.25) is 5.16 Å². The van der Waals surface area contributed by atoms with Gasteiger partial charge in [-0.2, -0.15) is 0 Å². The van der Waals surface area contributed by atoms with E-state index in [9.17, 15) is 0 Å². The maximum atomic E-state index is 5.88. The zero-order valence-electron chi connectivity index (χ0n) is 15.5.